The number of halogens is 2. The molecule has 0 atom stereocenters. The first-order chi connectivity index (χ1) is 14.8. The second-order valence-electron chi connectivity index (χ2n) is 6.23. The zero-order chi connectivity index (χ0) is 22.5. The van der Waals surface area contributed by atoms with E-state index >= 15 is 0 Å². The number of hydrogen-bond donors (Lipinski definition) is 1. The molecule has 0 aliphatic carbocycles. The van der Waals surface area contributed by atoms with E-state index in [1.165, 1.54) is 13.2 Å². The molecule has 2 aromatic rings. The fraction of sp³-hybridized carbons (Fsp3) is 0.190. The van der Waals surface area contributed by atoms with Crippen LogP contribution in [0.1, 0.15) is 12.5 Å². The number of carbonyl (C=O) groups excluding carboxylic acids is 3. The fourth-order valence-electron chi connectivity index (χ4n) is 2.79. The molecule has 10 heteroatoms. The lowest BCUT2D eigenvalue weighted by molar-refractivity contribution is -0.142. The number of amides is 3. The Kier molecular flexibility index (Phi) is 7.19. The van der Waals surface area contributed by atoms with Crippen molar-refractivity contribution in [2.24, 2.45) is 0 Å². The maximum atomic E-state index is 12.8. The minimum atomic E-state index is -0.569. The average molecular weight is 510 g/mol. The van der Waals surface area contributed by atoms with E-state index in [9.17, 15) is 14.4 Å². The zero-order valence-corrected chi connectivity index (χ0v) is 19.0. The normalized spacial score (nSPS) is 14.6. The summed E-state index contributed by atoms with van der Waals surface area (Å²) in [5.74, 6) is -0.368. The standard InChI is InChI=1S/C21H18BrClN2O6/c1-3-30-17-10-12(8-15(22)19(17)31-11-18(26)29-2)9-16-20(27)25(21(28)24-16)14-6-4-13(23)5-7-14/h4-10H,3,11H2,1-2H3,(H,24,28)/b16-9+. The van der Waals surface area contributed by atoms with Gasteiger partial charge in [-0.3, -0.25) is 4.79 Å². The van der Waals surface area contributed by atoms with Crippen LogP contribution in [0.4, 0.5) is 10.5 Å². The maximum absolute atomic E-state index is 12.8. The molecule has 0 saturated carbocycles. The van der Waals surface area contributed by atoms with Crippen molar-refractivity contribution in [1.82, 2.24) is 5.32 Å². The predicted octanol–water partition coefficient (Wildman–Crippen LogP) is 4.15. The number of imide groups is 1. The van der Waals surface area contributed by atoms with Crippen LogP contribution in [-0.4, -0.2) is 38.2 Å². The monoisotopic (exact) mass is 508 g/mol. The minimum Gasteiger partial charge on any atom is -0.490 e. The van der Waals surface area contributed by atoms with E-state index in [-0.39, 0.29) is 12.3 Å². The van der Waals surface area contributed by atoms with Crippen molar-refractivity contribution in [3.05, 3.63) is 57.2 Å². The molecule has 2 aromatic carbocycles. The van der Waals surface area contributed by atoms with Crippen LogP contribution in [-0.2, 0) is 14.3 Å². The van der Waals surface area contributed by atoms with Gasteiger partial charge in [0.1, 0.15) is 5.70 Å². The van der Waals surface area contributed by atoms with Crippen LogP contribution in [0.15, 0.2) is 46.6 Å². The van der Waals surface area contributed by atoms with E-state index in [4.69, 9.17) is 21.1 Å². The third-order valence-electron chi connectivity index (χ3n) is 4.17. The first kappa shape index (κ1) is 22.6. The zero-order valence-electron chi connectivity index (χ0n) is 16.6. The van der Waals surface area contributed by atoms with Gasteiger partial charge in [-0.15, -0.1) is 0 Å². The predicted molar refractivity (Wildman–Crippen MR) is 118 cm³/mol. The number of urea groups is 1. The molecule has 0 bridgehead atoms. The first-order valence-electron chi connectivity index (χ1n) is 9.12. The van der Waals surface area contributed by atoms with Gasteiger partial charge in [0.05, 0.1) is 23.9 Å². The van der Waals surface area contributed by atoms with Gasteiger partial charge in [-0.1, -0.05) is 11.6 Å². The van der Waals surface area contributed by atoms with Crippen LogP contribution in [0.5, 0.6) is 11.5 Å². The molecule has 1 aliphatic heterocycles. The summed E-state index contributed by atoms with van der Waals surface area (Å²) >= 11 is 9.27. The summed E-state index contributed by atoms with van der Waals surface area (Å²) in [5.41, 5.74) is 1.07. The van der Waals surface area contributed by atoms with Crippen LogP contribution < -0.4 is 19.7 Å². The highest BCUT2D eigenvalue weighted by atomic mass is 79.9. The number of rotatable bonds is 7. The van der Waals surface area contributed by atoms with Crippen LogP contribution in [0.25, 0.3) is 6.08 Å². The Balaban J connectivity index is 1.90. The summed E-state index contributed by atoms with van der Waals surface area (Å²) in [5, 5.41) is 3.06. The number of nitrogens with zero attached hydrogens (tertiary/aromatic N) is 1. The third kappa shape index (κ3) is 5.18. The van der Waals surface area contributed by atoms with E-state index in [1.807, 2.05) is 0 Å². The largest absolute Gasteiger partial charge is 0.490 e. The van der Waals surface area contributed by atoms with Crippen molar-refractivity contribution < 1.29 is 28.6 Å². The van der Waals surface area contributed by atoms with Crippen LogP contribution in [0, 0.1) is 0 Å². The second kappa shape index (κ2) is 9.84. The molecule has 0 aromatic heterocycles. The van der Waals surface area contributed by atoms with Gasteiger partial charge in [0.25, 0.3) is 5.91 Å². The van der Waals surface area contributed by atoms with Crippen LogP contribution >= 0.6 is 27.5 Å². The summed E-state index contributed by atoms with van der Waals surface area (Å²) < 4.78 is 16.2. The number of nitrogens with one attached hydrogen (secondary N) is 1. The molecule has 1 N–H and O–H groups in total. The smallest absolute Gasteiger partial charge is 0.343 e. The third-order valence-corrected chi connectivity index (χ3v) is 5.01. The van der Waals surface area contributed by atoms with Crippen molar-refractivity contribution >= 4 is 57.2 Å². The maximum Gasteiger partial charge on any atom is 0.343 e. The van der Waals surface area contributed by atoms with Crippen molar-refractivity contribution in [3.8, 4) is 11.5 Å². The summed E-state index contributed by atoms with van der Waals surface area (Å²) in [7, 11) is 1.26. The Labute approximate surface area is 191 Å². The van der Waals surface area contributed by atoms with Crippen molar-refractivity contribution in [1.29, 1.82) is 0 Å². The molecular weight excluding hydrogens is 492 g/mol. The van der Waals surface area contributed by atoms with Crippen molar-refractivity contribution in [2.75, 3.05) is 25.2 Å². The number of ether oxygens (including phenoxy) is 3. The Hall–Kier alpha value is -3.04. The Morgan fingerprint density at radius 3 is 2.55 bits per heavy atom. The number of carbonyl (C=O) groups is 3. The molecule has 1 heterocycles. The topological polar surface area (TPSA) is 94.2 Å². The molecule has 3 rings (SSSR count). The highest BCUT2D eigenvalue weighted by molar-refractivity contribution is 9.10. The van der Waals surface area contributed by atoms with Gasteiger partial charge in [0, 0.05) is 5.02 Å². The summed E-state index contributed by atoms with van der Waals surface area (Å²) in [6.07, 6.45) is 1.52. The minimum absolute atomic E-state index is 0.0949. The number of hydrogen-bond acceptors (Lipinski definition) is 6. The van der Waals surface area contributed by atoms with Gasteiger partial charge < -0.3 is 19.5 Å². The Morgan fingerprint density at radius 1 is 1.19 bits per heavy atom. The lowest BCUT2D eigenvalue weighted by atomic mass is 10.1. The fourth-order valence-corrected chi connectivity index (χ4v) is 3.49. The molecule has 0 spiro atoms. The molecule has 1 saturated heterocycles. The van der Waals surface area contributed by atoms with Gasteiger partial charge in [0.15, 0.2) is 18.1 Å². The molecule has 162 valence electrons. The van der Waals surface area contributed by atoms with Crippen LogP contribution in [0.2, 0.25) is 5.02 Å². The molecule has 1 fully saturated rings. The van der Waals surface area contributed by atoms with Gasteiger partial charge in [-0.2, -0.15) is 0 Å². The molecule has 8 nitrogen and oxygen atoms in total. The Morgan fingerprint density at radius 2 is 1.90 bits per heavy atom. The van der Waals surface area contributed by atoms with Gasteiger partial charge in [-0.05, 0) is 70.9 Å². The Bertz CT molecular complexity index is 1050. The highest BCUT2D eigenvalue weighted by Gasteiger charge is 2.34. The number of benzene rings is 2. The molecule has 0 unspecified atom stereocenters. The summed E-state index contributed by atoms with van der Waals surface area (Å²) in [6.45, 7) is 1.86. The van der Waals surface area contributed by atoms with Gasteiger partial charge >= 0.3 is 12.0 Å². The lowest BCUT2D eigenvalue weighted by Gasteiger charge is -2.14. The number of esters is 1. The highest BCUT2D eigenvalue weighted by Crippen LogP contribution is 2.38. The number of anilines is 1. The molecule has 31 heavy (non-hydrogen) atoms. The molecule has 3 amide bonds. The van der Waals surface area contributed by atoms with Crippen molar-refractivity contribution in [2.45, 2.75) is 6.92 Å². The number of methoxy groups -OCH3 is 1. The average Bonchev–Trinajstić information content (AvgIpc) is 3.01. The second-order valence-corrected chi connectivity index (χ2v) is 7.52. The van der Waals surface area contributed by atoms with Gasteiger partial charge in [0.2, 0.25) is 0 Å². The van der Waals surface area contributed by atoms with E-state index < -0.39 is 17.9 Å². The van der Waals surface area contributed by atoms with E-state index in [2.05, 4.69) is 26.0 Å². The summed E-state index contributed by atoms with van der Waals surface area (Å²) in [6, 6.07) is 9.10. The van der Waals surface area contributed by atoms with Crippen LogP contribution in [0.3, 0.4) is 0 Å². The molecular formula is C21H18BrClN2O6. The SMILES string of the molecule is CCOc1cc(/C=C2/NC(=O)N(c3ccc(Cl)cc3)C2=O)cc(Br)c1OCC(=O)OC. The van der Waals surface area contributed by atoms with E-state index in [1.54, 1.807) is 43.3 Å². The lowest BCUT2D eigenvalue weighted by Crippen LogP contribution is -2.30. The van der Waals surface area contributed by atoms with Gasteiger partial charge in [-0.25, -0.2) is 14.5 Å². The quantitative estimate of drug-likeness (QED) is 0.342. The van der Waals surface area contributed by atoms with E-state index in [0.717, 1.165) is 4.90 Å². The first-order valence-corrected chi connectivity index (χ1v) is 10.3. The van der Waals surface area contributed by atoms with E-state index in [0.29, 0.717) is 38.9 Å². The molecule has 1 aliphatic rings. The van der Waals surface area contributed by atoms with Crippen molar-refractivity contribution in [3.63, 3.8) is 0 Å². The summed E-state index contributed by atoms with van der Waals surface area (Å²) in [4.78, 5) is 37.6. The molecule has 0 radical (unpaired) electrons.